The highest BCUT2D eigenvalue weighted by Gasteiger charge is 2.14. The Kier molecular flexibility index (Phi) is 3.22. The van der Waals surface area contributed by atoms with Crippen molar-refractivity contribution in [2.75, 3.05) is 24.2 Å². The Morgan fingerprint density at radius 3 is 2.47 bits per heavy atom. The first-order valence-corrected chi connectivity index (χ1v) is 5.23. The number of aryl methyl sites for hydroxylation is 1. The van der Waals surface area contributed by atoms with Gasteiger partial charge in [-0.1, -0.05) is 20.8 Å². The molecule has 3 heteroatoms. The Morgan fingerprint density at radius 1 is 1.40 bits per heavy atom. The second-order valence-corrected chi connectivity index (χ2v) is 5.32. The molecule has 0 saturated heterocycles. The van der Waals surface area contributed by atoms with Crippen LogP contribution >= 0.6 is 0 Å². The zero-order valence-electron chi connectivity index (χ0n) is 10.3. The normalized spacial score (nSPS) is 11.5. The summed E-state index contributed by atoms with van der Waals surface area (Å²) in [6.07, 6.45) is 1.73. The summed E-state index contributed by atoms with van der Waals surface area (Å²) in [4.78, 5) is 6.48. The van der Waals surface area contributed by atoms with E-state index < -0.39 is 0 Å². The van der Waals surface area contributed by atoms with E-state index in [1.807, 2.05) is 13.0 Å². The maximum Gasteiger partial charge on any atom is 0.128 e. The first-order valence-electron chi connectivity index (χ1n) is 5.23. The van der Waals surface area contributed by atoms with Crippen LogP contribution in [0.2, 0.25) is 0 Å². The molecule has 2 N–H and O–H groups in total. The van der Waals surface area contributed by atoms with Crippen LogP contribution in [0.25, 0.3) is 0 Å². The molecule has 0 saturated carbocycles. The van der Waals surface area contributed by atoms with E-state index in [9.17, 15) is 0 Å². The van der Waals surface area contributed by atoms with Crippen molar-refractivity contribution in [1.29, 1.82) is 0 Å². The molecule has 0 bridgehead atoms. The second-order valence-electron chi connectivity index (χ2n) is 5.32. The lowest BCUT2D eigenvalue weighted by Crippen LogP contribution is -2.29. The van der Waals surface area contributed by atoms with E-state index in [0.717, 1.165) is 23.6 Å². The fourth-order valence-electron chi connectivity index (χ4n) is 1.55. The number of anilines is 2. The van der Waals surface area contributed by atoms with Crippen LogP contribution in [0.4, 0.5) is 11.5 Å². The van der Waals surface area contributed by atoms with Gasteiger partial charge in [-0.05, 0) is 24.0 Å². The lowest BCUT2D eigenvalue weighted by atomic mass is 9.96. The van der Waals surface area contributed by atoms with Gasteiger partial charge in [0, 0.05) is 13.6 Å². The van der Waals surface area contributed by atoms with Gasteiger partial charge < -0.3 is 10.6 Å². The van der Waals surface area contributed by atoms with Gasteiger partial charge in [0.15, 0.2) is 0 Å². The van der Waals surface area contributed by atoms with Gasteiger partial charge in [0.1, 0.15) is 5.82 Å². The van der Waals surface area contributed by atoms with Crippen molar-refractivity contribution in [3.8, 4) is 0 Å². The Hall–Kier alpha value is -1.25. The molecule has 84 valence electrons. The molecule has 0 atom stereocenters. The van der Waals surface area contributed by atoms with Gasteiger partial charge in [-0.15, -0.1) is 0 Å². The standard InChI is InChI=1S/C12H21N3/c1-9-6-11(14-7-10(9)13)15(5)8-12(2,3)4/h6-7H,8,13H2,1-5H3. The number of pyridine rings is 1. The minimum atomic E-state index is 0.270. The van der Waals surface area contributed by atoms with Crippen LogP contribution in [0.1, 0.15) is 26.3 Å². The number of rotatable bonds is 2. The topological polar surface area (TPSA) is 42.2 Å². The molecule has 3 nitrogen and oxygen atoms in total. The molecule has 0 amide bonds. The Labute approximate surface area is 92.3 Å². The van der Waals surface area contributed by atoms with Crippen molar-refractivity contribution in [3.05, 3.63) is 17.8 Å². The van der Waals surface area contributed by atoms with Gasteiger partial charge in [0.25, 0.3) is 0 Å². The van der Waals surface area contributed by atoms with Crippen LogP contribution < -0.4 is 10.6 Å². The molecule has 0 unspecified atom stereocenters. The number of hydrogen-bond acceptors (Lipinski definition) is 3. The first kappa shape index (κ1) is 11.8. The quantitative estimate of drug-likeness (QED) is 0.810. The van der Waals surface area contributed by atoms with Crippen LogP contribution in [-0.2, 0) is 0 Å². The predicted molar refractivity (Wildman–Crippen MR) is 66.1 cm³/mol. The largest absolute Gasteiger partial charge is 0.397 e. The van der Waals surface area contributed by atoms with Crippen molar-refractivity contribution in [2.45, 2.75) is 27.7 Å². The fourth-order valence-corrected chi connectivity index (χ4v) is 1.55. The number of nitrogen functional groups attached to an aromatic ring is 1. The maximum atomic E-state index is 5.74. The monoisotopic (exact) mass is 207 g/mol. The zero-order chi connectivity index (χ0) is 11.6. The highest BCUT2D eigenvalue weighted by molar-refractivity contribution is 5.51. The molecule has 1 aromatic rings. The van der Waals surface area contributed by atoms with Crippen molar-refractivity contribution in [1.82, 2.24) is 4.98 Å². The SMILES string of the molecule is Cc1cc(N(C)CC(C)(C)C)ncc1N. The molecular weight excluding hydrogens is 186 g/mol. The smallest absolute Gasteiger partial charge is 0.128 e. The lowest BCUT2D eigenvalue weighted by molar-refractivity contribution is 0.418. The number of aromatic nitrogens is 1. The van der Waals surface area contributed by atoms with Gasteiger partial charge in [-0.3, -0.25) is 0 Å². The van der Waals surface area contributed by atoms with E-state index in [1.54, 1.807) is 6.20 Å². The highest BCUT2D eigenvalue weighted by Crippen LogP contribution is 2.20. The third-order valence-electron chi connectivity index (χ3n) is 2.24. The van der Waals surface area contributed by atoms with E-state index in [4.69, 9.17) is 5.73 Å². The summed E-state index contributed by atoms with van der Waals surface area (Å²) >= 11 is 0. The Morgan fingerprint density at radius 2 is 2.00 bits per heavy atom. The molecule has 0 radical (unpaired) electrons. The van der Waals surface area contributed by atoms with Crippen LogP contribution in [0.5, 0.6) is 0 Å². The fraction of sp³-hybridized carbons (Fsp3) is 0.583. The summed E-state index contributed by atoms with van der Waals surface area (Å²) in [5.41, 5.74) is 7.84. The van der Waals surface area contributed by atoms with Crippen molar-refractivity contribution in [3.63, 3.8) is 0 Å². The lowest BCUT2D eigenvalue weighted by Gasteiger charge is -2.27. The van der Waals surface area contributed by atoms with E-state index in [-0.39, 0.29) is 5.41 Å². The molecule has 0 aliphatic rings. The Bertz CT molecular complexity index is 339. The average molecular weight is 207 g/mol. The second kappa shape index (κ2) is 4.09. The summed E-state index contributed by atoms with van der Waals surface area (Å²) in [5.74, 6) is 0.983. The van der Waals surface area contributed by atoms with Gasteiger partial charge in [0.2, 0.25) is 0 Å². The molecule has 0 spiro atoms. The van der Waals surface area contributed by atoms with Gasteiger partial charge in [0.05, 0.1) is 11.9 Å². The van der Waals surface area contributed by atoms with E-state index in [0.29, 0.717) is 0 Å². The molecule has 15 heavy (non-hydrogen) atoms. The minimum absolute atomic E-state index is 0.270. The molecule has 1 rings (SSSR count). The third-order valence-corrected chi connectivity index (χ3v) is 2.24. The van der Waals surface area contributed by atoms with Gasteiger partial charge in [-0.2, -0.15) is 0 Å². The molecule has 0 aliphatic carbocycles. The zero-order valence-corrected chi connectivity index (χ0v) is 10.3. The van der Waals surface area contributed by atoms with Crippen molar-refractivity contribution < 1.29 is 0 Å². The summed E-state index contributed by atoms with van der Waals surface area (Å²) in [6.45, 7) is 9.63. The number of hydrogen-bond donors (Lipinski definition) is 1. The van der Waals surface area contributed by atoms with E-state index in [1.165, 1.54) is 0 Å². The van der Waals surface area contributed by atoms with Crippen LogP contribution in [0.15, 0.2) is 12.3 Å². The van der Waals surface area contributed by atoms with Crippen LogP contribution in [-0.4, -0.2) is 18.6 Å². The van der Waals surface area contributed by atoms with Crippen LogP contribution in [0, 0.1) is 12.3 Å². The highest BCUT2D eigenvalue weighted by atomic mass is 15.2. The summed E-state index contributed by atoms with van der Waals surface area (Å²) in [7, 11) is 2.06. The molecule has 0 aromatic carbocycles. The summed E-state index contributed by atoms with van der Waals surface area (Å²) in [5, 5.41) is 0. The van der Waals surface area contributed by atoms with Crippen molar-refractivity contribution >= 4 is 11.5 Å². The molecular formula is C12H21N3. The molecule has 0 fully saturated rings. The number of nitrogens with two attached hydrogens (primary N) is 1. The average Bonchev–Trinajstić information content (AvgIpc) is 2.06. The molecule has 1 aromatic heterocycles. The summed E-state index contributed by atoms with van der Waals surface area (Å²) < 4.78 is 0. The van der Waals surface area contributed by atoms with Crippen LogP contribution in [0.3, 0.4) is 0 Å². The third kappa shape index (κ3) is 3.42. The van der Waals surface area contributed by atoms with E-state index in [2.05, 4.69) is 37.7 Å². The van der Waals surface area contributed by atoms with E-state index >= 15 is 0 Å². The minimum Gasteiger partial charge on any atom is -0.397 e. The molecule has 1 heterocycles. The maximum absolute atomic E-state index is 5.74. The first-order chi connectivity index (χ1) is 6.79. The Balaban J connectivity index is 2.83. The van der Waals surface area contributed by atoms with Gasteiger partial charge in [-0.25, -0.2) is 4.98 Å². The van der Waals surface area contributed by atoms with Crippen molar-refractivity contribution in [2.24, 2.45) is 5.41 Å². The predicted octanol–water partition coefficient (Wildman–Crippen LogP) is 2.45. The molecule has 0 aliphatic heterocycles. The van der Waals surface area contributed by atoms with Gasteiger partial charge >= 0.3 is 0 Å². The summed E-state index contributed by atoms with van der Waals surface area (Å²) in [6, 6.07) is 2.03. The number of nitrogens with zero attached hydrogens (tertiary/aromatic N) is 2.